The van der Waals surface area contributed by atoms with Crippen LogP contribution in [0.25, 0.3) is 44.0 Å². The van der Waals surface area contributed by atoms with Gasteiger partial charge in [0, 0.05) is 95.8 Å². The summed E-state index contributed by atoms with van der Waals surface area (Å²) in [5.41, 5.74) is 0.239. The monoisotopic (exact) mass is 1180 g/mol. The largest absolute Gasteiger partial charge is 0.468 e. The molecule has 3 atom stereocenters. The first-order valence-electron chi connectivity index (χ1n) is 30.4. The van der Waals surface area contributed by atoms with Gasteiger partial charge in [-0.15, -0.1) is 6.42 Å². The SMILES string of the molecule is C#Cc1c(F)ccc2cc(OCOC)cc(-c3ncc4c(N5CC6CCC(C5)N6C(=O)OC(C)(C)C)nc(OCCN5CCC(F)(CC6CCN(CC7CCN(c8ccc9c(c8)n(C)c(=O)n9C8CCC(=O)NC8=O)CC7)CC6)CC5)nc4c3F)c12. The average Bonchev–Trinajstić information content (AvgIpc) is 1.67. The number of aromatic nitrogens is 5. The molecule has 3 aromatic heterocycles. The minimum absolute atomic E-state index is 0.0536. The van der Waals surface area contributed by atoms with Crippen LogP contribution in [0.5, 0.6) is 11.8 Å². The number of piperazine rings is 1. The number of alkyl halides is 1. The number of nitrogens with one attached hydrogen (secondary N) is 1. The van der Waals surface area contributed by atoms with E-state index in [-0.39, 0.29) is 83.3 Å². The fourth-order valence-corrected chi connectivity index (χ4v) is 14.2. The van der Waals surface area contributed by atoms with Gasteiger partial charge in [0.25, 0.3) is 0 Å². The van der Waals surface area contributed by atoms with Crippen LogP contribution in [0, 0.1) is 35.8 Å². The van der Waals surface area contributed by atoms with Crippen molar-refractivity contribution in [1.29, 1.82) is 0 Å². The molecule has 6 fully saturated rings. The summed E-state index contributed by atoms with van der Waals surface area (Å²) >= 11 is 0. The number of nitrogens with zero attached hydrogens (tertiary/aromatic N) is 10. The van der Waals surface area contributed by atoms with Crippen molar-refractivity contribution in [2.45, 2.75) is 121 Å². The van der Waals surface area contributed by atoms with E-state index in [0.29, 0.717) is 98.1 Å². The molecule has 0 aliphatic carbocycles. The zero-order chi connectivity index (χ0) is 60.2. The fourth-order valence-electron chi connectivity index (χ4n) is 14.2. The number of fused-ring (bicyclic) bond motifs is 5. The minimum Gasteiger partial charge on any atom is -0.468 e. The molecule has 3 aromatic carbocycles. The molecule has 2 bridgehead atoms. The highest BCUT2D eigenvalue weighted by atomic mass is 19.1. The first-order valence-corrected chi connectivity index (χ1v) is 30.4. The first-order chi connectivity index (χ1) is 41.3. The predicted molar refractivity (Wildman–Crippen MR) is 320 cm³/mol. The Hall–Kier alpha value is -7.48. The number of methoxy groups -OCH3 is 1. The number of amides is 3. The number of aryl methyl sites for hydroxylation is 1. The van der Waals surface area contributed by atoms with Crippen LogP contribution in [-0.2, 0) is 26.1 Å². The summed E-state index contributed by atoms with van der Waals surface area (Å²) in [6.45, 7) is 12.8. The summed E-state index contributed by atoms with van der Waals surface area (Å²) in [5, 5.41) is 3.49. The Morgan fingerprint density at radius 2 is 1.58 bits per heavy atom. The molecule has 6 aromatic rings. The Labute approximate surface area is 498 Å². The Balaban J connectivity index is 0.667. The summed E-state index contributed by atoms with van der Waals surface area (Å²) in [7, 11) is 3.20. The van der Waals surface area contributed by atoms with Crippen molar-refractivity contribution in [3.8, 4) is 35.4 Å². The highest BCUT2D eigenvalue weighted by Gasteiger charge is 2.46. The average molecular weight is 1180 g/mol. The number of hydrogen-bond donors (Lipinski definition) is 1. The van der Waals surface area contributed by atoms with Gasteiger partial charge in [-0.1, -0.05) is 12.0 Å². The lowest BCUT2D eigenvalue weighted by atomic mass is 9.80. The third-order valence-electron chi connectivity index (χ3n) is 18.7. The van der Waals surface area contributed by atoms with Gasteiger partial charge in [-0.2, -0.15) is 9.97 Å². The number of hydrogen-bond acceptors (Lipinski definition) is 15. The highest BCUT2D eigenvalue weighted by molar-refractivity contribution is 6.03. The number of carbonyl (C=O) groups is 3. The fraction of sp³-hybridized carbons (Fsp3) is 0.547. The van der Waals surface area contributed by atoms with Crippen LogP contribution < -0.4 is 30.3 Å². The summed E-state index contributed by atoms with van der Waals surface area (Å²) < 4.78 is 75.9. The topological polar surface area (TPSA) is 182 Å². The summed E-state index contributed by atoms with van der Waals surface area (Å²) in [5.74, 6) is 1.85. The van der Waals surface area contributed by atoms with E-state index >= 15 is 13.2 Å². The van der Waals surface area contributed by atoms with Gasteiger partial charge in [-0.3, -0.25) is 38.8 Å². The number of benzene rings is 3. The van der Waals surface area contributed by atoms with E-state index in [1.54, 1.807) is 29.8 Å². The molecule has 1 N–H and O–H groups in total. The molecule has 6 aliphatic heterocycles. The quantitative estimate of drug-likeness (QED) is 0.0587. The van der Waals surface area contributed by atoms with Crippen LogP contribution in [0.3, 0.4) is 0 Å². The molecule has 22 heteroatoms. The van der Waals surface area contributed by atoms with E-state index in [1.165, 1.54) is 23.9 Å². The predicted octanol–water partition coefficient (Wildman–Crippen LogP) is 8.51. The smallest absolute Gasteiger partial charge is 0.410 e. The number of imidazole rings is 1. The Morgan fingerprint density at radius 1 is 0.849 bits per heavy atom. The molecule has 456 valence electrons. The summed E-state index contributed by atoms with van der Waals surface area (Å²) in [4.78, 5) is 76.6. The van der Waals surface area contributed by atoms with Gasteiger partial charge in [0.05, 0.1) is 34.1 Å². The number of likely N-dealkylation sites (tertiary alicyclic amines) is 2. The lowest BCUT2D eigenvalue weighted by molar-refractivity contribution is -0.135. The van der Waals surface area contributed by atoms with Gasteiger partial charge in [0.1, 0.15) is 52.5 Å². The van der Waals surface area contributed by atoms with Crippen molar-refractivity contribution < 1.29 is 46.5 Å². The number of halogens is 3. The first kappa shape index (κ1) is 58.9. The van der Waals surface area contributed by atoms with Crippen molar-refractivity contribution in [2.75, 3.05) is 95.8 Å². The number of terminal acetylenes is 1. The van der Waals surface area contributed by atoms with Crippen molar-refractivity contribution >= 4 is 62.1 Å². The molecule has 0 saturated carbocycles. The van der Waals surface area contributed by atoms with Crippen molar-refractivity contribution in [3.63, 3.8) is 0 Å². The lowest BCUT2D eigenvalue weighted by Crippen LogP contribution is -2.57. The second kappa shape index (κ2) is 24.0. The number of pyridine rings is 1. The Kier molecular flexibility index (Phi) is 16.4. The van der Waals surface area contributed by atoms with Gasteiger partial charge >= 0.3 is 17.8 Å². The van der Waals surface area contributed by atoms with Crippen LogP contribution >= 0.6 is 0 Å². The van der Waals surface area contributed by atoms with E-state index in [0.717, 1.165) is 82.5 Å². The maximum atomic E-state index is 17.6. The van der Waals surface area contributed by atoms with E-state index in [9.17, 15) is 19.2 Å². The van der Waals surface area contributed by atoms with Crippen LogP contribution in [0.15, 0.2) is 53.5 Å². The van der Waals surface area contributed by atoms with Crippen LogP contribution in [-0.4, -0.2) is 166 Å². The van der Waals surface area contributed by atoms with Crippen LogP contribution in [0.1, 0.15) is 103 Å². The molecule has 0 spiro atoms. The number of imide groups is 1. The molecule has 6 saturated heterocycles. The molecular formula is C64H76F3N11O8. The van der Waals surface area contributed by atoms with Gasteiger partial charge < -0.3 is 33.6 Å². The second-order valence-corrected chi connectivity index (χ2v) is 25.4. The zero-order valence-electron chi connectivity index (χ0n) is 49.7. The summed E-state index contributed by atoms with van der Waals surface area (Å²) in [6.07, 6.45) is 14.5. The van der Waals surface area contributed by atoms with Crippen LogP contribution in [0.4, 0.5) is 29.5 Å². The number of anilines is 2. The van der Waals surface area contributed by atoms with Gasteiger partial charge in [-0.05, 0) is 152 Å². The normalized spacial score (nSPS) is 21.8. The van der Waals surface area contributed by atoms with Crippen molar-refractivity contribution in [3.05, 3.63) is 76.3 Å². The minimum atomic E-state index is -1.25. The molecule has 19 nitrogen and oxygen atoms in total. The van der Waals surface area contributed by atoms with Gasteiger partial charge in [0.2, 0.25) is 11.8 Å². The third-order valence-corrected chi connectivity index (χ3v) is 18.7. The molecule has 12 rings (SSSR count). The Bertz CT molecular complexity index is 3670. The Morgan fingerprint density at radius 3 is 2.28 bits per heavy atom. The van der Waals surface area contributed by atoms with Crippen LogP contribution in [0.2, 0.25) is 0 Å². The number of ether oxygens (including phenoxy) is 4. The van der Waals surface area contributed by atoms with E-state index in [1.807, 2.05) is 48.8 Å². The van der Waals surface area contributed by atoms with Crippen molar-refractivity contribution in [2.24, 2.45) is 18.9 Å². The molecular weight excluding hydrogens is 1110 g/mol. The molecule has 86 heavy (non-hydrogen) atoms. The van der Waals surface area contributed by atoms with Gasteiger partial charge in [-0.25, -0.2) is 22.8 Å². The van der Waals surface area contributed by atoms with E-state index in [4.69, 9.17) is 30.4 Å². The number of piperidine rings is 4. The zero-order valence-corrected chi connectivity index (χ0v) is 49.7. The number of rotatable bonds is 15. The van der Waals surface area contributed by atoms with E-state index < -0.39 is 34.9 Å². The second-order valence-electron chi connectivity index (χ2n) is 25.4. The number of carbonyl (C=O) groups excluding carboxylic acids is 3. The maximum Gasteiger partial charge on any atom is 0.410 e. The summed E-state index contributed by atoms with van der Waals surface area (Å²) in [6, 6.07) is 10.9. The maximum absolute atomic E-state index is 17.6. The van der Waals surface area contributed by atoms with E-state index in [2.05, 4.69) is 35.9 Å². The molecule has 3 amide bonds. The third kappa shape index (κ3) is 11.9. The standard InChI is InChI=1S/C64H76F3N11O8/c1-7-46-49(65)12-8-41-30-45(85-38-83-6)32-47(54(41)46)56-55(66)57-48(34-68-56)58(76-36-43-9-10-44(37-76)77(43)62(82)86-63(2,3)4)71-60(70-57)84-29-28-73-26-20-64(67,21-27-73)33-39-16-22-74(23-17-39)35-40-18-24-75(25-19-40)42-11-13-50-52(31-42)72(5)61(81)78(50)51-14-15-53(79)69-59(51)80/h1,8,11-13,30-32,34,39-40,43-44,51H,9-10,14-29,33,35-38H2,2-6H3,(H,69,79,80). The molecule has 0 radical (unpaired) electrons. The highest BCUT2D eigenvalue weighted by Crippen LogP contribution is 2.42. The van der Waals surface area contributed by atoms with Crippen molar-refractivity contribution in [1.82, 2.24) is 44.1 Å². The van der Waals surface area contributed by atoms with Gasteiger partial charge in [0.15, 0.2) is 12.6 Å². The molecule has 6 aliphatic rings. The lowest BCUT2D eigenvalue weighted by Gasteiger charge is -2.42. The molecule has 3 unspecified atom stereocenters. The molecule has 9 heterocycles.